The lowest BCUT2D eigenvalue weighted by Gasteiger charge is -2.15. The average molecular weight is 381 g/mol. The summed E-state index contributed by atoms with van der Waals surface area (Å²) < 4.78 is 5.32. The predicted molar refractivity (Wildman–Crippen MR) is 112 cm³/mol. The minimum absolute atomic E-state index is 0.224. The number of ether oxygens (including phenoxy) is 1. The lowest BCUT2D eigenvalue weighted by atomic mass is 10.1. The highest BCUT2D eigenvalue weighted by Crippen LogP contribution is 2.11. The molecule has 0 unspecified atom stereocenters. The normalized spacial score (nSPS) is 11.0. The van der Waals surface area contributed by atoms with E-state index in [4.69, 9.17) is 4.74 Å². The van der Waals surface area contributed by atoms with E-state index in [0.29, 0.717) is 17.9 Å². The topological polar surface area (TPSA) is 59.8 Å². The molecule has 2 aromatic carbocycles. The molecule has 5 heteroatoms. The third-order valence-corrected chi connectivity index (χ3v) is 4.58. The summed E-state index contributed by atoms with van der Waals surface area (Å²) in [6, 6.07) is 14.6. The molecule has 0 radical (unpaired) electrons. The standard InChI is InChI=1S/C23H28N2O3/c1-4-25(5-2)16-17-28-23(27)20-11-13-21(14-12-20)24-22(26)15-10-19-8-6-18(3)7-9-19/h6-15H,4-5,16-17H2,1-3H3,(H,24,26)/p+1. The van der Waals surface area contributed by atoms with E-state index >= 15 is 0 Å². The number of amides is 1. The zero-order valence-electron chi connectivity index (χ0n) is 16.8. The second-order valence-corrected chi connectivity index (χ2v) is 6.65. The van der Waals surface area contributed by atoms with Gasteiger partial charge in [0.25, 0.3) is 0 Å². The number of benzene rings is 2. The molecule has 0 saturated heterocycles. The summed E-state index contributed by atoms with van der Waals surface area (Å²) in [7, 11) is 0. The number of aryl methyl sites for hydroxylation is 1. The molecule has 0 saturated carbocycles. The van der Waals surface area contributed by atoms with E-state index in [1.165, 1.54) is 16.5 Å². The lowest BCUT2D eigenvalue weighted by molar-refractivity contribution is -0.896. The zero-order chi connectivity index (χ0) is 20.4. The van der Waals surface area contributed by atoms with Crippen molar-refractivity contribution in [2.24, 2.45) is 0 Å². The SMILES string of the molecule is CC[NH+](CC)CCOC(=O)c1ccc(NC(=O)C=Cc2ccc(C)cc2)cc1. The highest BCUT2D eigenvalue weighted by molar-refractivity contribution is 6.02. The van der Waals surface area contributed by atoms with Crippen molar-refractivity contribution in [3.8, 4) is 0 Å². The fourth-order valence-electron chi connectivity index (χ4n) is 2.70. The molecule has 0 aliphatic rings. The third-order valence-electron chi connectivity index (χ3n) is 4.58. The van der Waals surface area contributed by atoms with Gasteiger partial charge in [-0.25, -0.2) is 4.79 Å². The smallest absolute Gasteiger partial charge is 0.338 e. The van der Waals surface area contributed by atoms with Crippen LogP contribution < -0.4 is 10.2 Å². The van der Waals surface area contributed by atoms with Gasteiger partial charge in [-0.15, -0.1) is 0 Å². The minimum Gasteiger partial charge on any atom is -0.456 e. The van der Waals surface area contributed by atoms with Crippen molar-refractivity contribution < 1.29 is 19.2 Å². The van der Waals surface area contributed by atoms with E-state index in [1.54, 1.807) is 30.3 Å². The maximum absolute atomic E-state index is 12.1. The van der Waals surface area contributed by atoms with Gasteiger partial charge in [-0.2, -0.15) is 0 Å². The molecule has 148 valence electrons. The van der Waals surface area contributed by atoms with Crippen LogP contribution in [-0.2, 0) is 9.53 Å². The van der Waals surface area contributed by atoms with Gasteiger partial charge >= 0.3 is 5.97 Å². The van der Waals surface area contributed by atoms with Gasteiger partial charge < -0.3 is 15.0 Å². The molecule has 0 aromatic heterocycles. The number of hydrogen-bond acceptors (Lipinski definition) is 3. The first-order chi connectivity index (χ1) is 13.5. The number of anilines is 1. The Balaban J connectivity index is 1.83. The Morgan fingerprint density at radius 3 is 2.25 bits per heavy atom. The molecule has 0 aliphatic carbocycles. The van der Waals surface area contributed by atoms with Crippen LogP contribution in [0, 0.1) is 6.92 Å². The Hall–Kier alpha value is -2.92. The number of nitrogens with one attached hydrogen (secondary N) is 2. The third kappa shape index (κ3) is 7.00. The fraction of sp³-hybridized carbons (Fsp3) is 0.304. The summed E-state index contributed by atoms with van der Waals surface area (Å²) in [5.41, 5.74) is 3.24. The molecule has 2 rings (SSSR count). The summed E-state index contributed by atoms with van der Waals surface area (Å²) in [6.45, 7) is 9.49. The fourth-order valence-corrected chi connectivity index (χ4v) is 2.70. The summed E-state index contributed by atoms with van der Waals surface area (Å²) in [5, 5.41) is 2.78. The molecular weight excluding hydrogens is 352 g/mol. The second-order valence-electron chi connectivity index (χ2n) is 6.65. The van der Waals surface area contributed by atoms with Crippen molar-refractivity contribution in [3.05, 3.63) is 71.3 Å². The Kier molecular flexibility index (Phi) is 8.43. The van der Waals surface area contributed by atoms with Crippen molar-refractivity contribution in [2.45, 2.75) is 20.8 Å². The molecule has 0 bridgehead atoms. The Bertz CT molecular complexity index is 792. The molecule has 0 atom stereocenters. The number of carbonyl (C=O) groups is 2. The van der Waals surface area contributed by atoms with Crippen molar-refractivity contribution >= 4 is 23.6 Å². The first kappa shape index (κ1) is 21.4. The first-order valence-corrected chi connectivity index (χ1v) is 9.68. The van der Waals surface area contributed by atoms with E-state index in [2.05, 4.69) is 19.2 Å². The summed E-state index contributed by atoms with van der Waals surface area (Å²) in [6.07, 6.45) is 3.25. The van der Waals surface area contributed by atoms with Crippen LogP contribution in [-0.4, -0.2) is 38.1 Å². The van der Waals surface area contributed by atoms with Gasteiger partial charge in [0.1, 0.15) is 13.2 Å². The van der Waals surface area contributed by atoms with E-state index in [9.17, 15) is 9.59 Å². The monoisotopic (exact) mass is 381 g/mol. The summed E-state index contributed by atoms with van der Waals surface area (Å²) >= 11 is 0. The molecule has 2 aromatic rings. The van der Waals surface area contributed by atoms with E-state index in [0.717, 1.165) is 25.2 Å². The Labute approximate surface area is 167 Å². The van der Waals surface area contributed by atoms with Gasteiger partial charge in [0.15, 0.2) is 0 Å². The van der Waals surface area contributed by atoms with Gasteiger partial charge in [0.05, 0.1) is 18.7 Å². The quantitative estimate of drug-likeness (QED) is 0.519. The van der Waals surface area contributed by atoms with Gasteiger partial charge in [-0.3, -0.25) is 4.79 Å². The number of quaternary nitrogens is 1. The van der Waals surface area contributed by atoms with E-state index in [1.807, 2.05) is 31.2 Å². The maximum Gasteiger partial charge on any atom is 0.338 e. The van der Waals surface area contributed by atoms with Crippen LogP contribution >= 0.6 is 0 Å². The maximum atomic E-state index is 12.1. The molecule has 0 heterocycles. The number of hydrogen-bond donors (Lipinski definition) is 2. The molecule has 2 N–H and O–H groups in total. The predicted octanol–water partition coefficient (Wildman–Crippen LogP) is 2.73. The van der Waals surface area contributed by atoms with Crippen molar-refractivity contribution in [2.75, 3.05) is 31.6 Å². The number of likely N-dealkylation sites (N-methyl/N-ethyl adjacent to an activating group) is 1. The number of rotatable bonds is 9. The van der Waals surface area contributed by atoms with Gasteiger partial charge in [0.2, 0.25) is 5.91 Å². The van der Waals surface area contributed by atoms with Crippen molar-refractivity contribution in [3.63, 3.8) is 0 Å². The molecule has 0 aliphatic heterocycles. The second kappa shape index (κ2) is 11.0. The summed E-state index contributed by atoms with van der Waals surface area (Å²) in [5.74, 6) is -0.568. The van der Waals surface area contributed by atoms with Crippen LogP contribution in [0.25, 0.3) is 6.08 Å². The lowest BCUT2D eigenvalue weighted by Crippen LogP contribution is -3.11. The minimum atomic E-state index is -0.344. The Morgan fingerprint density at radius 2 is 1.64 bits per heavy atom. The molecule has 0 fully saturated rings. The van der Waals surface area contributed by atoms with Gasteiger partial charge in [0, 0.05) is 11.8 Å². The average Bonchev–Trinajstić information content (AvgIpc) is 2.71. The van der Waals surface area contributed by atoms with Crippen LogP contribution in [0.15, 0.2) is 54.6 Å². The molecule has 0 spiro atoms. The zero-order valence-corrected chi connectivity index (χ0v) is 16.8. The van der Waals surface area contributed by atoms with Crippen LogP contribution in [0.1, 0.15) is 35.3 Å². The highest BCUT2D eigenvalue weighted by atomic mass is 16.5. The highest BCUT2D eigenvalue weighted by Gasteiger charge is 2.09. The number of carbonyl (C=O) groups excluding carboxylic acids is 2. The van der Waals surface area contributed by atoms with Gasteiger partial charge in [-0.1, -0.05) is 29.8 Å². The number of esters is 1. The summed E-state index contributed by atoms with van der Waals surface area (Å²) in [4.78, 5) is 25.5. The molecular formula is C23H29N2O3+. The van der Waals surface area contributed by atoms with Crippen LogP contribution in [0.4, 0.5) is 5.69 Å². The molecule has 5 nitrogen and oxygen atoms in total. The largest absolute Gasteiger partial charge is 0.456 e. The van der Waals surface area contributed by atoms with Gasteiger partial charge in [-0.05, 0) is 56.7 Å². The van der Waals surface area contributed by atoms with Crippen LogP contribution in [0.2, 0.25) is 0 Å². The molecule has 1 amide bonds. The van der Waals surface area contributed by atoms with E-state index in [-0.39, 0.29) is 11.9 Å². The van der Waals surface area contributed by atoms with E-state index < -0.39 is 0 Å². The van der Waals surface area contributed by atoms with Crippen LogP contribution in [0.3, 0.4) is 0 Å². The van der Waals surface area contributed by atoms with Crippen molar-refractivity contribution in [1.29, 1.82) is 0 Å². The Morgan fingerprint density at radius 1 is 1.00 bits per heavy atom. The first-order valence-electron chi connectivity index (χ1n) is 9.68. The molecule has 28 heavy (non-hydrogen) atoms. The van der Waals surface area contributed by atoms with Crippen molar-refractivity contribution in [1.82, 2.24) is 0 Å². The van der Waals surface area contributed by atoms with Crippen LogP contribution in [0.5, 0.6) is 0 Å².